The van der Waals surface area contributed by atoms with Gasteiger partial charge in [-0.3, -0.25) is 4.79 Å². The number of carbonyl (C=O) groups is 1. The second kappa shape index (κ2) is 8.56. The number of carbonyl (C=O) groups excluding carboxylic acids is 1. The van der Waals surface area contributed by atoms with Gasteiger partial charge < -0.3 is 14.4 Å². The van der Waals surface area contributed by atoms with E-state index in [4.69, 9.17) is 9.47 Å². The molecule has 22 heavy (non-hydrogen) atoms. The van der Waals surface area contributed by atoms with E-state index in [1.807, 2.05) is 48.0 Å². The Balaban J connectivity index is 1.91. The van der Waals surface area contributed by atoms with E-state index in [0.717, 1.165) is 11.1 Å². The number of nitrogens with zero attached hydrogens (tertiary/aromatic N) is 1. The van der Waals surface area contributed by atoms with Crippen LogP contribution in [-0.2, 0) is 16.1 Å². The van der Waals surface area contributed by atoms with Crippen LogP contribution in [0.5, 0.6) is 5.75 Å². The van der Waals surface area contributed by atoms with Crippen LogP contribution in [0.15, 0.2) is 41.1 Å². The fraction of sp³-hybridized carbons (Fsp3) is 0.353. The highest BCUT2D eigenvalue weighted by atomic mass is 32.1. The smallest absolute Gasteiger partial charge is 0.260 e. The largest absolute Gasteiger partial charge is 0.484 e. The SMILES string of the molecule is COCCN(Cc1ccsc1)C(=O)COc1ccc(C)cc1. The van der Waals surface area contributed by atoms with Crippen LogP contribution in [0.25, 0.3) is 0 Å². The van der Waals surface area contributed by atoms with Crippen LogP contribution < -0.4 is 4.74 Å². The number of methoxy groups -OCH3 is 1. The number of benzene rings is 1. The van der Waals surface area contributed by atoms with Crippen LogP contribution in [-0.4, -0.2) is 37.7 Å². The van der Waals surface area contributed by atoms with E-state index in [2.05, 4.69) is 0 Å². The minimum atomic E-state index is -0.0381. The number of hydrogen-bond donors (Lipinski definition) is 0. The molecule has 2 rings (SSSR count). The van der Waals surface area contributed by atoms with E-state index in [-0.39, 0.29) is 12.5 Å². The number of hydrogen-bond acceptors (Lipinski definition) is 4. The molecule has 0 aliphatic carbocycles. The first-order valence-corrected chi connectivity index (χ1v) is 8.10. The average Bonchev–Trinajstić information content (AvgIpc) is 3.03. The molecular formula is C17H21NO3S. The molecule has 0 fully saturated rings. The van der Waals surface area contributed by atoms with E-state index in [1.165, 1.54) is 0 Å². The highest BCUT2D eigenvalue weighted by molar-refractivity contribution is 7.07. The number of thiophene rings is 1. The molecule has 1 aromatic heterocycles. The Labute approximate surface area is 135 Å². The van der Waals surface area contributed by atoms with Gasteiger partial charge in [0.15, 0.2) is 6.61 Å². The standard InChI is InChI=1S/C17H21NO3S/c1-14-3-5-16(6-4-14)21-12-17(19)18(8-9-20-2)11-15-7-10-22-13-15/h3-7,10,13H,8-9,11-12H2,1-2H3. The molecule has 0 aliphatic heterocycles. The van der Waals surface area contributed by atoms with Crippen molar-refractivity contribution in [3.05, 3.63) is 52.2 Å². The van der Waals surface area contributed by atoms with Crippen molar-refractivity contribution in [3.63, 3.8) is 0 Å². The van der Waals surface area contributed by atoms with Gasteiger partial charge in [-0.25, -0.2) is 0 Å². The molecule has 0 saturated carbocycles. The molecule has 0 atom stereocenters. The molecule has 0 bridgehead atoms. The molecule has 2 aromatic rings. The molecule has 0 spiro atoms. The predicted molar refractivity (Wildman–Crippen MR) is 88.3 cm³/mol. The maximum absolute atomic E-state index is 12.4. The van der Waals surface area contributed by atoms with Crippen LogP contribution in [0.2, 0.25) is 0 Å². The van der Waals surface area contributed by atoms with E-state index in [9.17, 15) is 4.79 Å². The molecule has 1 aromatic carbocycles. The minimum Gasteiger partial charge on any atom is -0.484 e. The summed E-state index contributed by atoms with van der Waals surface area (Å²) in [7, 11) is 1.63. The fourth-order valence-electron chi connectivity index (χ4n) is 1.97. The van der Waals surface area contributed by atoms with Crippen LogP contribution in [0.4, 0.5) is 0 Å². The van der Waals surface area contributed by atoms with Gasteiger partial charge in [-0.1, -0.05) is 17.7 Å². The van der Waals surface area contributed by atoms with Crippen molar-refractivity contribution in [1.82, 2.24) is 4.90 Å². The molecule has 1 amide bonds. The summed E-state index contributed by atoms with van der Waals surface area (Å²) in [6.07, 6.45) is 0. The van der Waals surface area contributed by atoms with Crippen molar-refractivity contribution in [1.29, 1.82) is 0 Å². The number of ether oxygens (including phenoxy) is 2. The molecular weight excluding hydrogens is 298 g/mol. The van der Waals surface area contributed by atoms with Crippen molar-refractivity contribution < 1.29 is 14.3 Å². The van der Waals surface area contributed by atoms with Crippen molar-refractivity contribution in [2.45, 2.75) is 13.5 Å². The Bertz CT molecular complexity index is 566. The number of rotatable bonds is 8. The lowest BCUT2D eigenvalue weighted by atomic mass is 10.2. The Morgan fingerprint density at radius 3 is 2.64 bits per heavy atom. The first-order chi connectivity index (χ1) is 10.7. The number of amides is 1. The first kappa shape index (κ1) is 16.5. The summed E-state index contributed by atoms with van der Waals surface area (Å²) in [6.45, 7) is 3.71. The summed E-state index contributed by atoms with van der Waals surface area (Å²) in [5.41, 5.74) is 2.29. The maximum Gasteiger partial charge on any atom is 0.260 e. The summed E-state index contributed by atoms with van der Waals surface area (Å²) >= 11 is 1.63. The van der Waals surface area contributed by atoms with Crippen LogP contribution >= 0.6 is 11.3 Å². The highest BCUT2D eigenvalue weighted by Crippen LogP contribution is 2.13. The molecule has 0 unspecified atom stereocenters. The molecule has 5 heteroatoms. The summed E-state index contributed by atoms with van der Waals surface area (Å²) in [5.74, 6) is 0.671. The Hall–Kier alpha value is -1.85. The third-order valence-electron chi connectivity index (χ3n) is 3.25. The van der Waals surface area contributed by atoms with E-state index in [0.29, 0.717) is 25.4 Å². The molecule has 4 nitrogen and oxygen atoms in total. The minimum absolute atomic E-state index is 0.0381. The van der Waals surface area contributed by atoms with Gasteiger partial charge in [0.25, 0.3) is 5.91 Å². The Kier molecular flexibility index (Phi) is 6.43. The summed E-state index contributed by atoms with van der Waals surface area (Å²) < 4.78 is 10.7. The molecule has 1 heterocycles. The zero-order valence-electron chi connectivity index (χ0n) is 13.0. The second-order valence-corrected chi connectivity index (χ2v) is 5.82. The van der Waals surface area contributed by atoms with E-state index in [1.54, 1.807) is 23.3 Å². The van der Waals surface area contributed by atoms with E-state index >= 15 is 0 Å². The Morgan fingerprint density at radius 1 is 1.23 bits per heavy atom. The van der Waals surface area contributed by atoms with Gasteiger partial charge in [-0.05, 0) is 41.4 Å². The average molecular weight is 319 g/mol. The van der Waals surface area contributed by atoms with Crippen LogP contribution in [0.1, 0.15) is 11.1 Å². The molecule has 0 saturated heterocycles. The van der Waals surface area contributed by atoms with Crippen molar-refractivity contribution in [3.8, 4) is 5.75 Å². The zero-order valence-corrected chi connectivity index (χ0v) is 13.8. The van der Waals surface area contributed by atoms with Crippen molar-refractivity contribution in [2.75, 3.05) is 26.9 Å². The summed E-state index contributed by atoms with van der Waals surface area (Å²) in [6, 6.07) is 9.71. The molecule has 0 N–H and O–H groups in total. The van der Waals surface area contributed by atoms with Gasteiger partial charge in [0.05, 0.1) is 6.61 Å². The van der Waals surface area contributed by atoms with Gasteiger partial charge in [0.2, 0.25) is 0 Å². The lowest BCUT2D eigenvalue weighted by Gasteiger charge is -2.22. The molecule has 0 aliphatic rings. The lowest BCUT2D eigenvalue weighted by molar-refractivity contribution is -0.134. The van der Waals surface area contributed by atoms with Crippen LogP contribution in [0.3, 0.4) is 0 Å². The van der Waals surface area contributed by atoms with Crippen molar-refractivity contribution in [2.24, 2.45) is 0 Å². The highest BCUT2D eigenvalue weighted by Gasteiger charge is 2.15. The van der Waals surface area contributed by atoms with Gasteiger partial charge >= 0.3 is 0 Å². The topological polar surface area (TPSA) is 38.8 Å². The van der Waals surface area contributed by atoms with Gasteiger partial charge in [0, 0.05) is 20.2 Å². The summed E-state index contributed by atoms with van der Waals surface area (Å²) in [5, 5.41) is 4.06. The fourth-order valence-corrected chi connectivity index (χ4v) is 2.63. The zero-order chi connectivity index (χ0) is 15.8. The number of aryl methyl sites for hydroxylation is 1. The molecule has 0 radical (unpaired) electrons. The Morgan fingerprint density at radius 2 is 2.00 bits per heavy atom. The van der Waals surface area contributed by atoms with Crippen molar-refractivity contribution >= 4 is 17.2 Å². The normalized spacial score (nSPS) is 10.5. The third kappa shape index (κ3) is 5.16. The van der Waals surface area contributed by atoms with Gasteiger partial charge in [-0.2, -0.15) is 11.3 Å². The van der Waals surface area contributed by atoms with Gasteiger partial charge in [-0.15, -0.1) is 0 Å². The molecule has 118 valence electrons. The van der Waals surface area contributed by atoms with E-state index < -0.39 is 0 Å². The predicted octanol–water partition coefficient (Wildman–Crippen LogP) is 3.11. The third-order valence-corrected chi connectivity index (χ3v) is 3.99. The monoisotopic (exact) mass is 319 g/mol. The van der Waals surface area contributed by atoms with Gasteiger partial charge in [0.1, 0.15) is 5.75 Å². The van der Waals surface area contributed by atoms with Crippen LogP contribution in [0, 0.1) is 6.92 Å². The second-order valence-electron chi connectivity index (χ2n) is 5.04. The first-order valence-electron chi connectivity index (χ1n) is 7.16. The lowest BCUT2D eigenvalue weighted by Crippen LogP contribution is -2.36. The quantitative estimate of drug-likeness (QED) is 0.750. The summed E-state index contributed by atoms with van der Waals surface area (Å²) in [4.78, 5) is 14.1. The maximum atomic E-state index is 12.4.